The van der Waals surface area contributed by atoms with Gasteiger partial charge in [-0.2, -0.15) is 0 Å². The van der Waals surface area contributed by atoms with Crippen LogP contribution >= 0.6 is 11.3 Å². The Morgan fingerprint density at radius 2 is 2.33 bits per heavy atom. The van der Waals surface area contributed by atoms with Crippen LogP contribution in [0.4, 0.5) is 4.79 Å². The van der Waals surface area contributed by atoms with Crippen molar-refractivity contribution in [1.29, 1.82) is 0 Å². The highest BCUT2D eigenvalue weighted by Gasteiger charge is 2.04. The lowest BCUT2D eigenvalue weighted by Gasteiger charge is -2.05. The van der Waals surface area contributed by atoms with E-state index in [1.807, 2.05) is 18.4 Å². The summed E-state index contributed by atoms with van der Waals surface area (Å²) in [5.41, 5.74) is 0.921. The first-order chi connectivity index (χ1) is 8.77. The molecular formula is C13H18N2O2S. The van der Waals surface area contributed by atoms with Crippen molar-refractivity contribution >= 4 is 17.4 Å². The molecule has 2 amide bonds. The maximum Gasteiger partial charge on any atom is 0.315 e. The molecule has 3 N–H and O–H groups in total. The van der Waals surface area contributed by atoms with E-state index in [0.717, 1.165) is 16.9 Å². The van der Waals surface area contributed by atoms with E-state index in [9.17, 15) is 4.79 Å². The Hall–Kier alpha value is -1.51. The lowest BCUT2D eigenvalue weighted by Crippen LogP contribution is -2.35. The van der Waals surface area contributed by atoms with Crippen molar-refractivity contribution in [1.82, 2.24) is 10.6 Å². The lowest BCUT2D eigenvalue weighted by molar-refractivity contribution is 0.240. The molecule has 1 rings (SSSR count). The number of hydrogen-bond acceptors (Lipinski definition) is 3. The van der Waals surface area contributed by atoms with Crippen LogP contribution in [0.25, 0.3) is 0 Å². The summed E-state index contributed by atoms with van der Waals surface area (Å²) in [6.45, 7) is 3.24. The summed E-state index contributed by atoms with van der Waals surface area (Å²) in [6, 6.07) is 1.77. The molecule has 0 unspecified atom stereocenters. The molecule has 0 bridgehead atoms. The van der Waals surface area contributed by atoms with Crippen LogP contribution in [-0.2, 0) is 6.54 Å². The van der Waals surface area contributed by atoms with Gasteiger partial charge in [-0.05, 0) is 17.9 Å². The fourth-order valence-corrected chi connectivity index (χ4v) is 2.03. The van der Waals surface area contributed by atoms with Crippen molar-refractivity contribution in [2.75, 3.05) is 13.2 Å². The van der Waals surface area contributed by atoms with Gasteiger partial charge in [0.25, 0.3) is 0 Å². The number of amides is 2. The van der Waals surface area contributed by atoms with E-state index in [-0.39, 0.29) is 12.6 Å². The van der Waals surface area contributed by atoms with Crippen LogP contribution in [0.2, 0.25) is 0 Å². The first-order valence-corrected chi connectivity index (χ1v) is 6.83. The predicted octanol–water partition coefficient (Wildman–Crippen LogP) is 1.69. The van der Waals surface area contributed by atoms with E-state index in [1.165, 1.54) is 0 Å². The minimum absolute atomic E-state index is 0.0736. The molecule has 1 heterocycles. The molecule has 0 fully saturated rings. The molecule has 0 aromatic carbocycles. The van der Waals surface area contributed by atoms with E-state index in [0.29, 0.717) is 19.5 Å². The Morgan fingerprint density at radius 3 is 3.06 bits per heavy atom. The van der Waals surface area contributed by atoms with Crippen LogP contribution < -0.4 is 10.6 Å². The largest absolute Gasteiger partial charge is 0.395 e. The van der Waals surface area contributed by atoms with Crippen LogP contribution in [0.3, 0.4) is 0 Å². The Bertz CT molecular complexity index is 432. The van der Waals surface area contributed by atoms with Gasteiger partial charge in [-0.3, -0.25) is 0 Å². The van der Waals surface area contributed by atoms with Crippen LogP contribution in [0, 0.1) is 11.8 Å². The molecule has 0 aliphatic rings. The summed E-state index contributed by atoms with van der Waals surface area (Å²) in [5.74, 6) is 5.87. The minimum Gasteiger partial charge on any atom is -0.395 e. The molecule has 5 heteroatoms. The maximum absolute atomic E-state index is 11.4. The Morgan fingerprint density at radius 1 is 1.50 bits per heavy atom. The van der Waals surface area contributed by atoms with Gasteiger partial charge in [-0.1, -0.05) is 18.8 Å². The van der Waals surface area contributed by atoms with E-state index in [1.54, 1.807) is 11.3 Å². The van der Waals surface area contributed by atoms with Crippen molar-refractivity contribution in [2.45, 2.75) is 26.3 Å². The van der Waals surface area contributed by atoms with Gasteiger partial charge in [-0.25, -0.2) is 4.79 Å². The smallest absolute Gasteiger partial charge is 0.315 e. The highest BCUT2D eigenvalue weighted by molar-refractivity contribution is 7.10. The first-order valence-electron chi connectivity index (χ1n) is 5.95. The van der Waals surface area contributed by atoms with Crippen LogP contribution in [0.15, 0.2) is 11.4 Å². The molecule has 4 nitrogen and oxygen atoms in total. The number of aliphatic hydroxyl groups is 1. The van der Waals surface area contributed by atoms with Gasteiger partial charge in [0.1, 0.15) is 0 Å². The average molecular weight is 266 g/mol. The van der Waals surface area contributed by atoms with Crippen molar-refractivity contribution in [3.63, 3.8) is 0 Å². The second kappa shape index (κ2) is 8.56. The predicted molar refractivity (Wildman–Crippen MR) is 73.4 cm³/mol. The van der Waals surface area contributed by atoms with Gasteiger partial charge in [0.05, 0.1) is 13.2 Å². The number of rotatable bonds is 5. The lowest BCUT2D eigenvalue weighted by atomic mass is 10.2. The SMILES string of the molecule is CCCNC(=O)NCc1sccc1C#CCCO. The van der Waals surface area contributed by atoms with Crippen molar-refractivity contribution < 1.29 is 9.90 Å². The standard InChI is InChI=1S/C13H18N2O2S/c1-2-7-14-13(17)15-10-12-11(6-9-18-12)5-3-4-8-16/h6,9,16H,2,4,7-8,10H2,1H3,(H2,14,15,17). The molecule has 0 spiro atoms. The zero-order valence-electron chi connectivity index (χ0n) is 10.5. The number of urea groups is 1. The molecule has 98 valence electrons. The van der Waals surface area contributed by atoms with E-state index in [4.69, 9.17) is 5.11 Å². The summed E-state index contributed by atoms with van der Waals surface area (Å²) >= 11 is 1.57. The number of hydrogen-bond donors (Lipinski definition) is 3. The summed E-state index contributed by atoms with van der Waals surface area (Å²) in [7, 11) is 0. The van der Waals surface area contributed by atoms with Gasteiger partial charge in [0.15, 0.2) is 0 Å². The van der Waals surface area contributed by atoms with E-state index < -0.39 is 0 Å². The van der Waals surface area contributed by atoms with Crippen molar-refractivity contribution in [3.8, 4) is 11.8 Å². The Kier molecular flexibility index (Phi) is 6.92. The number of carbonyl (C=O) groups is 1. The fourth-order valence-electron chi connectivity index (χ4n) is 1.26. The molecular weight excluding hydrogens is 248 g/mol. The topological polar surface area (TPSA) is 61.4 Å². The van der Waals surface area contributed by atoms with Crippen molar-refractivity contribution in [3.05, 3.63) is 21.9 Å². The molecule has 1 aromatic rings. The zero-order chi connectivity index (χ0) is 13.2. The van der Waals surface area contributed by atoms with Crippen molar-refractivity contribution in [2.24, 2.45) is 0 Å². The van der Waals surface area contributed by atoms with E-state index >= 15 is 0 Å². The Balaban J connectivity index is 2.46. The number of carbonyl (C=O) groups excluding carboxylic acids is 1. The third-order valence-electron chi connectivity index (χ3n) is 2.15. The molecule has 0 saturated carbocycles. The second-order valence-corrected chi connectivity index (χ2v) is 4.64. The minimum atomic E-state index is -0.153. The van der Waals surface area contributed by atoms with Gasteiger partial charge >= 0.3 is 6.03 Å². The summed E-state index contributed by atoms with van der Waals surface area (Å²) in [5, 5.41) is 16.2. The molecule has 0 saturated heterocycles. The van der Waals surface area contributed by atoms with Gasteiger partial charge in [-0.15, -0.1) is 11.3 Å². The third-order valence-corrected chi connectivity index (χ3v) is 3.07. The highest BCUT2D eigenvalue weighted by Crippen LogP contribution is 2.15. The van der Waals surface area contributed by atoms with Crippen LogP contribution in [0.1, 0.15) is 30.2 Å². The van der Waals surface area contributed by atoms with Crippen LogP contribution in [-0.4, -0.2) is 24.3 Å². The molecule has 1 aromatic heterocycles. The number of nitrogens with one attached hydrogen (secondary N) is 2. The zero-order valence-corrected chi connectivity index (χ0v) is 11.3. The molecule has 18 heavy (non-hydrogen) atoms. The molecule has 0 aliphatic carbocycles. The molecule has 0 atom stereocenters. The first kappa shape index (κ1) is 14.6. The van der Waals surface area contributed by atoms with Crippen LogP contribution in [0.5, 0.6) is 0 Å². The average Bonchev–Trinajstić information content (AvgIpc) is 2.82. The van der Waals surface area contributed by atoms with Gasteiger partial charge < -0.3 is 15.7 Å². The number of aliphatic hydroxyl groups excluding tert-OH is 1. The van der Waals surface area contributed by atoms with Gasteiger partial charge in [0, 0.05) is 23.4 Å². The van der Waals surface area contributed by atoms with E-state index in [2.05, 4.69) is 22.5 Å². The second-order valence-electron chi connectivity index (χ2n) is 3.64. The quantitative estimate of drug-likeness (QED) is 0.710. The number of thiophene rings is 1. The highest BCUT2D eigenvalue weighted by atomic mass is 32.1. The molecule has 0 radical (unpaired) electrons. The molecule has 0 aliphatic heterocycles. The normalized spacial score (nSPS) is 9.44. The monoisotopic (exact) mass is 266 g/mol. The van der Waals surface area contributed by atoms with Gasteiger partial charge in [0.2, 0.25) is 0 Å². The summed E-state index contributed by atoms with van der Waals surface area (Å²) in [4.78, 5) is 12.4. The third kappa shape index (κ3) is 5.21. The summed E-state index contributed by atoms with van der Waals surface area (Å²) < 4.78 is 0. The summed E-state index contributed by atoms with van der Waals surface area (Å²) in [6.07, 6.45) is 1.39. The Labute approximate surface area is 111 Å². The maximum atomic E-state index is 11.4. The fraction of sp³-hybridized carbons (Fsp3) is 0.462.